The van der Waals surface area contributed by atoms with E-state index >= 15 is 0 Å². The van der Waals surface area contributed by atoms with Crippen molar-refractivity contribution in [3.63, 3.8) is 0 Å². The van der Waals surface area contributed by atoms with Crippen molar-refractivity contribution in [3.05, 3.63) is 34.8 Å². The summed E-state index contributed by atoms with van der Waals surface area (Å²) in [7, 11) is -2.08. The maximum Gasteiger partial charge on any atom is 0.263 e. The van der Waals surface area contributed by atoms with Gasteiger partial charge < -0.3 is 10.1 Å². The number of ether oxygens (including phenoxy) is 1. The number of methoxy groups -OCH3 is 1. The lowest BCUT2D eigenvalue weighted by molar-refractivity contribution is 0.414. The number of nitrogens with zero attached hydrogens (tertiary/aromatic N) is 1. The highest BCUT2D eigenvalue weighted by atomic mass is 32.2. The van der Waals surface area contributed by atoms with Crippen molar-refractivity contribution in [2.24, 2.45) is 0 Å². The average molecular weight is 325 g/mol. The molecule has 0 unspecified atom stereocenters. The maximum atomic E-state index is 12.3. The fraction of sp³-hybridized carbons (Fsp3) is 0.308. The molecule has 2 aromatic rings. The number of hydrogen-bond acceptors (Lipinski definition) is 6. The van der Waals surface area contributed by atoms with Gasteiger partial charge >= 0.3 is 0 Å². The van der Waals surface area contributed by atoms with Crippen LogP contribution in [0.2, 0.25) is 0 Å². The normalized spacial score (nSPS) is 14.5. The summed E-state index contributed by atoms with van der Waals surface area (Å²) in [6, 6.07) is 6.25. The summed E-state index contributed by atoms with van der Waals surface area (Å²) in [4.78, 5) is 5.64. The summed E-state index contributed by atoms with van der Waals surface area (Å²) in [5, 5.41) is 3.66. The van der Waals surface area contributed by atoms with Gasteiger partial charge in [-0.2, -0.15) is 0 Å². The summed E-state index contributed by atoms with van der Waals surface area (Å²) in [6.07, 6.45) is 0.829. The molecular formula is C13H15N3O3S2. The summed E-state index contributed by atoms with van der Waals surface area (Å²) in [6.45, 7) is 1.62. The molecule has 0 amide bonds. The summed E-state index contributed by atoms with van der Waals surface area (Å²) in [5.74, 6) is 0.615. The number of nitrogens with one attached hydrogen (secondary N) is 2. The maximum absolute atomic E-state index is 12.3. The largest absolute Gasteiger partial charge is 0.497 e. The molecule has 0 saturated carbocycles. The van der Waals surface area contributed by atoms with Crippen LogP contribution in [-0.4, -0.2) is 27.1 Å². The third-order valence-electron chi connectivity index (χ3n) is 3.19. The minimum Gasteiger partial charge on any atom is -0.497 e. The van der Waals surface area contributed by atoms with E-state index in [0.717, 1.165) is 30.1 Å². The molecule has 1 aliphatic rings. The lowest BCUT2D eigenvalue weighted by Gasteiger charge is -2.09. The van der Waals surface area contributed by atoms with Gasteiger partial charge in [-0.3, -0.25) is 4.72 Å². The van der Waals surface area contributed by atoms with Crippen LogP contribution < -0.4 is 14.8 Å². The molecule has 3 rings (SSSR count). The van der Waals surface area contributed by atoms with Crippen LogP contribution in [0.25, 0.3) is 0 Å². The highest BCUT2D eigenvalue weighted by Gasteiger charge is 2.20. The number of anilines is 1. The van der Waals surface area contributed by atoms with Gasteiger partial charge in [-0.25, -0.2) is 13.4 Å². The standard InChI is InChI=1S/C13H15N3O3S2/c1-19-9-2-4-10(5-3-9)21(17,18)16-13-15-11-6-7-14-8-12(11)20-13/h2-5,14H,6-8H2,1H3,(H,15,16). The van der Waals surface area contributed by atoms with Gasteiger partial charge in [0.05, 0.1) is 17.7 Å². The van der Waals surface area contributed by atoms with E-state index in [2.05, 4.69) is 15.0 Å². The van der Waals surface area contributed by atoms with E-state index in [0.29, 0.717) is 10.9 Å². The highest BCUT2D eigenvalue weighted by molar-refractivity contribution is 7.93. The van der Waals surface area contributed by atoms with Crippen molar-refractivity contribution < 1.29 is 13.2 Å². The van der Waals surface area contributed by atoms with Gasteiger partial charge in [0.2, 0.25) is 0 Å². The van der Waals surface area contributed by atoms with Gasteiger partial charge in [0, 0.05) is 24.4 Å². The number of rotatable bonds is 4. The molecule has 0 saturated heterocycles. The van der Waals surface area contributed by atoms with E-state index in [1.165, 1.54) is 30.6 Å². The van der Waals surface area contributed by atoms with Crippen LogP contribution in [0.4, 0.5) is 5.13 Å². The first-order valence-corrected chi connectivity index (χ1v) is 8.74. The Morgan fingerprint density at radius 3 is 2.76 bits per heavy atom. The molecule has 0 atom stereocenters. The predicted octanol–water partition coefficient (Wildman–Crippen LogP) is 1.60. The number of thiazole rings is 1. The second kappa shape index (κ2) is 5.63. The number of fused-ring (bicyclic) bond motifs is 1. The molecule has 6 nitrogen and oxygen atoms in total. The first-order chi connectivity index (χ1) is 10.1. The van der Waals surface area contributed by atoms with Crippen molar-refractivity contribution in [2.75, 3.05) is 18.4 Å². The minimum atomic E-state index is -3.62. The van der Waals surface area contributed by atoms with Crippen molar-refractivity contribution in [1.29, 1.82) is 0 Å². The van der Waals surface area contributed by atoms with Gasteiger partial charge in [0.25, 0.3) is 10.0 Å². The Labute approximate surface area is 127 Å². The first kappa shape index (κ1) is 14.3. The number of benzene rings is 1. The number of sulfonamides is 1. The van der Waals surface area contributed by atoms with Crippen LogP contribution in [0.5, 0.6) is 5.75 Å². The van der Waals surface area contributed by atoms with Gasteiger partial charge in [0.15, 0.2) is 5.13 Å². The van der Waals surface area contributed by atoms with Crippen LogP contribution in [0.3, 0.4) is 0 Å². The van der Waals surface area contributed by atoms with Crippen molar-refractivity contribution in [2.45, 2.75) is 17.9 Å². The minimum absolute atomic E-state index is 0.189. The van der Waals surface area contributed by atoms with Gasteiger partial charge in [0.1, 0.15) is 5.75 Å². The zero-order chi connectivity index (χ0) is 14.9. The zero-order valence-electron chi connectivity index (χ0n) is 11.4. The Bertz CT molecular complexity index is 715. The summed E-state index contributed by atoms with van der Waals surface area (Å²) >= 11 is 1.38. The molecule has 2 N–H and O–H groups in total. The number of hydrogen-bond donors (Lipinski definition) is 2. The molecule has 0 radical (unpaired) electrons. The highest BCUT2D eigenvalue weighted by Crippen LogP contribution is 2.27. The molecule has 8 heteroatoms. The van der Waals surface area contributed by atoms with Crippen LogP contribution in [0.15, 0.2) is 29.2 Å². The summed E-state index contributed by atoms with van der Waals surface area (Å²) < 4.78 is 32.2. The third kappa shape index (κ3) is 3.02. The molecule has 0 fully saturated rings. The lowest BCUT2D eigenvalue weighted by Crippen LogP contribution is -2.22. The fourth-order valence-corrected chi connectivity index (χ4v) is 4.31. The average Bonchev–Trinajstić information content (AvgIpc) is 2.88. The molecule has 1 aromatic carbocycles. The van der Waals surface area contributed by atoms with Crippen LogP contribution in [0.1, 0.15) is 10.6 Å². The van der Waals surface area contributed by atoms with E-state index in [4.69, 9.17) is 4.74 Å². The van der Waals surface area contributed by atoms with Crippen molar-refractivity contribution in [3.8, 4) is 5.75 Å². The van der Waals surface area contributed by atoms with Crippen LogP contribution >= 0.6 is 11.3 Å². The molecule has 21 heavy (non-hydrogen) atoms. The van der Waals surface area contributed by atoms with Crippen LogP contribution in [0, 0.1) is 0 Å². The van der Waals surface area contributed by atoms with E-state index in [9.17, 15) is 8.42 Å². The Balaban J connectivity index is 1.83. The van der Waals surface area contributed by atoms with Crippen molar-refractivity contribution >= 4 is 26.5 Å². The Morgan fingerprint density at radius 1 is 1.33 bits per heavy atom. The molecular weight excluding hydrogens is 310 g/mol. The zero-order valence-corrected chi connectivity index (χ0v) is 13.1. The van der Waals surface area contributed by atoms with E-state index < -0.39 is 10.0 Å². The Morgan fingerprint density at radius 2 is 2.10 bits per heavy atom. The van der Waals surface area contributed by atoms with E-state index in [-0.39, 0.29) is 4.90 Å². The first-order valence-electron chi connectivity index (χ1n) is 6.44. The number of aromatic nitrogens is 1. The Hall–Kier alpha value is -1.64. The molecule has 112 valence electrons. The lowest BCUT2D eigenvalue weighted by atomic mass is 10.2. The molecule has 0 spiro atoms. The second-order valence-electron chi connectivity index (χ2n) is 4.60. The quantitative estimate of drug-likeness (QED) is 0.892. The summed E-state index contributed by atoms with van der Waals surface area (Å²) in [5.41, 5.74) is 0.978. The van der Waals surface area contributed by atoms with Gasteiger partial charge in [-0.05, 0) is 24.3 Å². The second-order valence-corrected chi connectivity index (χ2v) is 7.36. The smallest absolute Gasteiger partial charge is 0.263 e. The topological polar surface area (TPSA) is 80.3 Å². The van der Waals surface area contributed by atoms with Crippen molar-refractivity contribution in [1.82, 2.24) is 10.3 Å². The third-order valence-corrected chi connectivity index (χ3v) is 5.69. The Kier molecular flexibility index (Phi) is 3.83. The van der Waals surface area contributed by atoms with Crippen LogP contribution in [-0.2, 0) is 23.0 Å². The van der Waals surface area contributed by atoms with E-state index in [1.807, 2.05) is 0 Å². The molecule has 0 bridgehead atoms. The van der Waals surface area contributed by atoms with E-state index in [1.54, 1.807) is 12.1 Å². The monoisotopic (exact) mass is 325 g/mol. The fourth-order valence-electron chi connectivity index (χ4n) is 2.10. The molecule has 1 aliphatic heterocycles. The molecule has 2 heterocycles. The van der Waals surface area contributed by atoms with Gasteiger partial charge in [-0.1, -0.05) is 11.3 Å². The predicted molar refractivity (Wildman–Crippen MR) is 81.3 cm³/mol. The molecule has 0 aliphatic carbocycles. The van der Waals surface area contributed by atoms with Gasteiger partial charge in [-0.15, -0.1) is 0 Å². The SMILES string of the molecule is COc1ccc(S(=O)(=O)Nc2nc3c(s2)CNCC3)cc1. The molecule has 1 aromatic heterocycles.